The average molecular weight is 216 g/mol. The molecule has 0 saturated heterocycles. The van der Waals surface area contributed by atoms with Crippen LogP contribution in [0.3, 0.4) is 0 Å². The maximum atomic E-state index is 12.6. The number of alkyl halides is 3. The predicted molar refractivity (Wildman–Crippen MR) is 50.9 cm³/mol. The number of carbonyl (C=O) groups excluding carboxylic acids is 1. The van der Waals surface area contributed by atoms with Gasteiger partial charge in [-0.2, -0.15) is 13.2 Å². The van der Waals surface area contributed by atoms with Crippen LogP contribution < -0.4 is 0 Å². The molecule has 0 aliphatic carbocycles. The van der Waals surface area contributed by atoms with Crippen LogP contribution in [0.1, 0.15) is 34.0 Å². The molecular formula is C11H11F3O. The second-order valence-corrected chi connectivity index (χ2v) is 3.48. The van der Waals surface area contributed by atoms with Crippen molar-refractivity contribution in [2.45, 2.75) is 26.9 Å². The number of Topliss-reactive ketones (excluding diaryl/α,β-unsaturated/α-hetero) is 1. The summed E-state index contributed by atoms with van der Waals surface area (Å²) in [5.41, 5.74) is 0.0196. The predicted octanol–water partition coefficient (Wildman–Crippen LogP) is 3.52. The van der Waals surface area contributed by atoms with Crippen LogP contribution in [-0.2, 0) is 6.18 Å². The van der Waals surface area contributed by atoms with E-state index in [1.165, 1.54) is 13.0 Å². The number of hydrogen-bond donors (Lipinski definition) is 0. The first-order chi connectivity index (χ1) is 6.75. The molecule has 1 rings (SSSR count). The van der Waals surface area contributed by atoms with Gasteiger partial charge in [0.05, 0.1) is 5.56 Å². The summed E-state index contributed by atoms with van der Waals surface area (Å²) in [7, 11) is 0. The lowest BCUT2D eigenvalue weighted by Crippen LogP contribution is -2.13. The van der Waals surface area contributed by atoms with Gasteiger partial charge < -0.3 is 0 Å². The Hall–Kier alpha value is -1.32. The van der Waals surface area contributed by atoms with Gasteiger partial charge in [0.2, 0.25) is 0 Å². The van der Waals surface area contributed by atoms with E-state index >= 15 is 0 Å². The normalized spacial score (nSPS) is 11.6. The van der Waals surface area contributed by atoms with Crippen LogP contribution in [0.15, 0.2) is 12.1 Å². The minimum absolute atomic E-state index is 0.220. The van der Waals surface area contributed by atoms with Crippen molar-refractivity contribution >= 4 is 5.78 Å². The molecule has 1 aromatic rings. The zero-order valence-corrected chi connectivity index (χ0v) is 8.70. The highest BCUT2D eigenvalue weighted by Crippen LogP contribution is 2.34. The molecule has 0 unspecified atom stereocenters. The molecule has 0 aliphatic heterocycles. The topological polar surface area (TPSA) is 17.1 Å². The molecule has 0 spiro atoms. The maximum Gasteiger partial charge on any atom is 0.417 e. The summed E-state index contributed by atoms with van der Waals surface area (Å²) in [6, 6.07) is 2.34. The molecule has 15 heavy (non-hydrogen) atoms. The smallest absolute Gasteiger partial charge is 0.294 e. The molecule has 0 saturated carbocycles. The van der Waals surface area contributed by atoms with Gasteiger partial charge in [0.15, 0.2) is 5.78 Å². The summed E-state index contributed by atoms with van der Waals surface area (Å²) in [6.45, 7) is 4.36. The zero-order chi connectivity index (χ0) is 11.8. The first-order valence-corrected chi connectivity index (χ1v) is 4.43. The summed E-state index contributed by atoms with van der Waals surface area (Å²) in [5, 5.41) is 0. The maximum absolute atomic E-state index is 12.6. The van der Waals surface area contributed by atoms with Crippen LogP contribution in [0.25, 0.3) is 0 Å². The SMILES string of the molecule is CC(=O)c1c(C(F)(F)F)ccc(C)c1C. The van der Waals surface area contributed by atoms with E-state index in [4.69, 9.17) is 0 Å². The summed E-state index contributed by atoms with van der Waals surface area (Å²) >= 11 is 0. The third-order valence-electron chi connectivity index (χ3n) is 2.39. The highest BCUT2D eigenvalue weighted by Gasteiger charge is 2.35. The average Bonchev–Trinajstić information content (AvgIpc) is 2.06. The van der Waals surface area contributed by atoms with Crippen LogP contribution in [0.4, 0.5) is 13.2 Å². The van der Waals surface area contributed by atoms with Crippen molar-refractivity contribution in [1.82, 2.24) is 0 Å². The molecule has 0 aromatic heterocycles. The Bertz CT molecular complexity index is 405. The van der Waals surface area contributed by atoms with E-state index in [0.29, 0.717) is 11.1 Å². The molecule has 0 N–H and O–H groups in total. The fourth-order valence-corrected chi connectivity index (χ4v) is 1.51. The summed E-state index contributed by atoms with van der Waals surface area (Å²) in [6.07, 6.45) is -4.47. The van der Waals surface area contributed by atoms with Gasteiger partial charge in [0, 0.05) is 5.56 Å². The number of carbonyl (C=O) groups is 1. The monoisotopic (exact) mass is 216 g/mol. The molecule has 4 heteroatoms. The van der Waals surface area contributed by atoms with E-state index in [0.717, 1.165) is 13.0 Å². The van der Waals surface area contributed by atoms with Crippen molar-refractivity contribution in [3.63, 3.8) is 0 Å². The number of ketones is 1. The minimum Gasteiger partial charge on any atom is -0.294 e. The molecule has 0 bridgehead atoms. The molecule has 1 nitrogen and oxygen atoms in total. The number of benzene rings is 1. The fourth-order valence-electron chi connectivity index (χ4n) is 1.51. The van der Waals surface area contributed by atoms with Gasteiger partial charge in [-0.25, -0.2) is 0 Å². The Morgan fingerprint density at radius 1 is 1.20 bits per heavy atom. The summed E-state index contributed by atoms with van der Waals surface area (Å²) in [4.78, 5) is 11.2. The van der Waals surface area contributed by atoms with E-state index in [1.54, 1.807) is 6.92 Å². The number of halogens is 3. The van der Waals surface area contributed by atoms with E-state index in [-0.39, 0.29) is 5.56 Å². The standard InChI is InChI=1S/C11H11F3O/c1-6-4-5-9(11(12,13)14)10(7(6)2)8(3)15/h4-5H,1-3H3. The van der Waals surface area contributed by atoms with Gasteiger partial charge in [0.1, 0.15) is 0 Å². The van der Waals surface area contributed by atoms with E-state index in [2.05, 4.69) is 0 Å². The van der Waals surface area contributed by atoms with Crippen LogP contribution in [0, 0.1) is 13.8 Å². The lowest BCUT2D eigenvalue weighted by molar-refractivity contribution is -0.137. The number of rotatable bonds is 1. The third kappa shape index (κ3) is 2.19. The highest BCUT2D eigenvalue weighted by atomic mass is 19.4. The van der Waals surface area contributed by atoms with E-state index in [1.807, 2.05) is 0 Å². The molecule has 0 radical (unpaired) electrons. The van der Waals surface area contributed by atoms with Gasteiger partial charge >= 0.3 is 6.18 Å². The molecule has 1 aromatic carbocycles. The molecule has 0 amide bonds. The Balaban J connectivity index is 3.55. The molecular weight excluding hydrogens is 205 g/mol. The second-order valence-electron chi connectivity index (χ2n) is 3.48. The summed E-state index contributed by atoms with van der Waals surface area (Å²) < 4.78 is 37.7. The number of hydrogen-bond acceptors (Lipinski definition) is 1. The van der Waals surface area contributed by atoms with Crippen LogP contribution in [-0.4, -0.2) is 5.78 Å². The van der Waals surface area contributed by atoms with Crippen molar-refractivity contribution < 1.29 is 18.0 Å². The van der Waals surface area contributed by atoms with Crippen molar-refractivity contribution in [3.8, 4) is 0 Å². The van der Waals surface area contributed by atoms with Gasteiger partial charge in [-0.3, -0.25) is 4.79 Å². The second kappa shape index (κ2) is 3.68. The first-order valence-electron chi connectivity index (χ1n) is 4.43. The van der Waals surface area contributed by atoms with E-state index < -0.39 is 17.5 Å². The van der Waals surface area contributed by atoms with Crippen molar-refractivity contribution in [1.29, 1.82) is 0 Å². The van der Waals surface area contributed by atoms with Crippen LogP contribution >= 0.6 is 0 Å². The molecule has 0 aliphatic rings. The fraction of sp³-hybridized carbons (Fsp3) is 0.364. The van der Waals surface area contributed by atoms with Gasteiger partial charge in [-0.15, -0.1) is 0 Å². The largest absolute Gasteiger partial charge is 0.417 e. The zero-order valence-electron chi connectivity index (χ0n) is 8.70. The Morgan fingerprint density at radius 3 is 2.13 bits per heavy atom. The van der Waals surface area contributed by atoms with Crippen molar-refractivity contribution in [2.75, 3.05) is 0 Å². The molecule has 82 valence electrons. The lowest BCUT2D eigenvalue weighted by atomic mass is 9.95. The van der Waals surface area contributed by atoms with Crippen molar-refractivity contribution in [3.05, 3.63) is 34.4 Å². The van der Waals surface area contributed by atoms with E-state index in [9.17, 15) is 18.0 Å². The summed E-state index contributed by atoms with van der Waals surface area (Å²) in [5.74, 6) is -0.552. The van der Waals surface area contributed by atoms with Crippen LogP contribution in [0.5, 0.6) is 0 Å². The first kappa shape index (κ1) is 11.8. The Labute approximate surface area is 85.9 Å². The Morgan fingerprint density at radius 2 is 1.73 bits per heavy atom. The number of aryl methyl sites for hydroxylation is 1. The Kier molecular flexibility index (Phi) is 2.88. The molecule has 0 fully saturated rings. The van der Waals surface area contributed by atoms with Crippen molar-refractivity contribution in [2.24, 2.45) is 0 Å². The molecule has 0 heterocycles. The minimum atomic E-state index is -4.47. The quantitative estimate of drug-likeness (QED) is 0.656. The molecule has 0 atom stereocenters. The van der Waals surface area contributed by atoms with Gasteiger partial charge in [-0.1, -0.05) is 6.07 Å². The third-order valence-corrected chi connectivity index (χ3v) is 2.39. The van der Waals surface area contributed by atoms with Crippen LogP contribution in [0.2, 0.25) is 0 Å². The van der Waals surface area contributed by atoms with Gasteiger partial charge in [-0.05, 0) is 38.0 Å². The lowest BCUT2D eigenvalue weighted by Gasteiger charge is -2.14. The highest BCUT2D eigenvalue weighted by molar-refractivity contribution is 5.97. The van der Waals surface area contributed by atoms with Gasteiger partial charge in [0.25, 0.3) is 0 Å².